The standard InChI is InChI=1S/C8H5IN2O/c9-7-3-10-8-6(7)2-1-5(4-12)11-8/h1-4H,(H,10,11). The van der Waals surface area contributed by atoms with Gasteiger partial charge in [0.05, 0.1) is 0 Å². The summed E-state index contributed by atoms with van der Waals surface area (Å²) in [6.07, 6.45) is 2.61. The van der Waals surface area contributed by atoms with Crippen molar-refractivity contribution in [3.8, 4) is 0 Å². The van der Waals surface area contributed by atoms with Crippen molar-refractivity contribution in [1.82, 2.24) is 9.97 Å². The maximum absolute atomic E-state index is 10.4. The second-order valence-electron chi connectivity index (χ2n) is 2.39. The van der Waals surface area contributed by atoms with Gasteiger partial charge in [0, 0.05) is 15.2 Å². The number of halogens is 1. The van der Waals surface area contributed by atoms with E-state index in [1.807, 2.05) is 12.3 Å². The number of carbonyl (C=O) groups is 1. The van der Waals surface area contributed by atoms with E-state index < -0.39 is 0 Å². The molecule has 1 N–H and O–H groups in total. The number of H-pyrrole nitrogens is 1. The van der Waals surface area contributed by atoms with E-state index in [4.69, 9.17) is 0 Å². The van der Waals surface area contributed by atoms with Crippen LogP contribution in [0.5, 0.6) is 0 Å². The highest BCUT2D eigenvalue weighted by Gasteiger charge is 2.01. The number of hydrogen-bond acceptors (Lipinski definition) is 2. The number of rotatable bonds is 1. The quantitative estimate of drug-likeness (QED) is 0.637. The van der Waals surface area contributed by atoms with Crippen LogP contribution in [0.1, 0.15) is 10.5 Å². The third-order valence-electron chi connectivity index (χ3n) is 1.63. The molecule has 3 nitrogen and oxygen atoms in total. The Morgan fingerprint density at radius 3 is 3.08 bits per heavy atom. The number of pyridine rings is 1. The van der Waals surface area contributed by atoms with Gasteiger partial charge in [-0.05, 0) is 34.7 Å². The van der Waals surface area contributed by atoms with E-state index in [0.29, 0.717) is 5.69 Å². The van der Waals surface area contributed by atoms with E-state index in [2.05, 4.69) is 32.6 Å². The monoisotopic (exact) mass is 272 g/mol. The molecule has 0 fully saturated rings. The second kappa shape index (κ2) is 2.85. The average Bonchev–Trinajstić information content (AvgIpc) is 2.47. The van der Waals surface area contributed by atoms with Crippen LogP contribution in [-0.4, -0.2) is 16.3 Å². The predicted octanol–water partition coefficient (Wildman–Crippen LogP) is 1.98. The lowest BCUT2D eigenvalue weighted by atomic mass is 10.3. The maximum Gasteiger partial charge on any atom is 0.168 e. The Hall–Kier alpha value is -0.910. The minimum atomic E-state index is 0.459. The summed E-state index contributed by atoms with van der Waals surface area (Å²) in [6, 6.07) is 3.61. The van der Waals surface area contributed by atoms with Crippen LogP contribution < -0.4 is 0 Å². The summed E-state index contributed by atoms with van der Waals surface area (Å²) in [4.78, 5) is 17.4. The second-order valence-corrected chi connectivity index (χ2v) is 3.55. The molecule has 0 saturated heterocycles. The summed E-state index contributed by atoms with van der Waals surface area (Å²) < 4.78 is 1.12. The Morgan fingerprint density at radius 1 is 1.50 bits per heavy atom. The van der Waals surface area contributed by atoms with E-state index in [0.717, 1.165) is 20.9 Å². The topological polar surface area (TPSA) is 45.8 Å². The summed E-state index contributed by atoms with van der Waals surface area (Å²) in [5.41, 5.74) is 1.23. The fourth-order valence-electron chi connectivity index (χ4n) is 1.05. The van der Waals surface area contributed by atoms with E-state index in [-0.39, 0.29) is 0 Å². The summed E-state index contributed by atoms with van der Waals surface area (Å²) in [5.74, 6) is 0. The number of nitrogens with one attached hydrogen (secondary N) is 1. The van der Waals surface area contributed by atoms with Crippen molar-refractivity contribution in [2.75, 3.05) is 0 Å². The van der Waals surface area contributed by atoms with Gasteiger partial charge in [-0.15, -0.1) is 0 Å². The largest absolute Gasteiger partial charge is 0.345 e. The highest BCUT2D eigenvalue weighted by atomic mass is 127. The van der Waals surface area contributed by atoms with Crippen LogP contribution in [0.25, 0.3) is 11.0 Å². The van der Waals surface area contributed by atoms with Crippen LogP contribution >= 0.6 is 22.6 Å². The minimum Gasteiger partial charge on any atom is -0.345 e. The minimum absolute atomic E-state index is 0.459. The van der Waals surface area contributed by atoms with Gasteiger partial charge >= 0.3 is 0 Å². The van der Waals surface area contributed by atoms with E-state index >= 15 is 0 Å². The fourth-order valence-corrected chi connectivity index (χ4v) is 1.64. The molecule has 12 heavy (non-hydrogen) atoms. The zero-order valence-electron chi connectivity index (χ0n) is 6.04. The zero-order valence-corrected chi connectivity index (χ0v) is 8.20. The zero-order chi connectivity index (χ0) is 8.55. The van der Waals surface area contributed by atoms with Gasteiger partial charge in [0.25, 0.3) is 0 Å². The van der Waals surface area contributed by atoms with Crippen LogP contribution in [0.2, 0.25) is 0 Å². The Morgan fingerprint density at radius 2 is 2.33 bits per heavy atom. The molecule has 2 rings (SSSR count). The molecule has 0 aromatic carbocycles. The van der Waals surface area contributed by atoms with Crippen molar-refractivity contribution in [2.45, 2.75) is 0 Å². The lowest BCUT2D eigenvalue weighted by Gasteiger charge is -1.90. The first-order valence-corrected chi connectivity index (χ1v) is 4.48. The van der Waals surface area contributed by atoms with Crippen LogP contribution in [0.3, 0.4) is 0 Å². The molecular formula is C8H5IN2O. The number of fused-ring (bicyclic) bond motifs is 1. The number of aldehydes is 1. The highest BCUT2D eigenvalue weighted by molar-refractivity contribution is 14.1. The lowest BCUT2D eigenvalue weighted by molar-refractivity contribution is 0.111. The molecule has 0 atom stereocenters. The Labute approximate surface area is 82.3 Å². The van der Waals surface area contributed by atoms with Crippen LogP contribution in [0.15, 0.2) is 18.3 Å². The predicted molar refractivity (Wildman–Crippen MR) is 54.2 cm³/mol. The van der Waals surface area contributed by atoms with Crippen molar-refractivity contribution in [3.63, 3.8) is 0 Å². The molecule has 0 bridgehead atoms. The normalized spacial score (nSPS) is 10.4. The van der Waals surface area contributed by atoms with Crippen LogP contribution in [0, 0.1) is 3.57 Å². The molecule has 2 aromatic heterocycles. The Kier molecular flexibility index (Phi) is 1.84. The fraction of sp³-hybridized carbons (Fsp3) is 0. The molecule has 0 amide bonds. The van der Waals surface area contributed by atoms with Gasteiger partial charge in [-0.25, -0.2) is 4.98 Å². The SMILES string of the molecule is O=Cc1ccc2c(I)c[nH]c2n1. The molecule has 2 heterocycles. The van der Waals surface area contributed by atoms with Gasteiger partial charge in [-0.2, -0.15) is 0 Å². The summed E-state index contributed by atoms with van der Waals surface area (Å²) in [6.45, 7) is 0. The maximum atomic E-state index is 10.4. The number of carbonyl (C=O) groups excluding carboxylic acids is 1. The number of nitrogens with zero attached hydrogens (tertiary/aromatic N) is 1. The van der Waals surface area contributed by atoms with Crippen molar-refractivity contribution in [1.29, 1.82) is 0 Å². The summed E-state index contributed by atoms with van der Waals surface area (Å²) in [7, 11) is 0. The smallest absolute Gasteiger partial charge is 0.168 e. The van der Waals surface area contributed by atoms with Crippen molar-refractivity contribution in [2.24, 2.45) is 0 Å². The molecule has 60 valence electrons. The summed E-state index contributed by atoms with van der Waals surface area (Å²) >= 11 is 2.22. The van der Waals surface area contributed by atoms with Crippen LogP contribution in [0.4, 0.5) is 0 Å². The molecule has 0 spiro atoms. The first kappa shape index (κ1) is 7.72. The van der Waals surface area contributed by atoms with Gasteiger partial charge < -0.3 is 4.98 Å². The molecule has 0 aliphatic heterocycles. The molecule has 0 radical (unpaired) electrons. The molecule has 4 heteroatoms. The van der Waals surface area contributed by atoms with E-state index in [9.17, 15) is 4.79 Å². The van der Waals surface area contributed by atoms with E-state index in [1.165, 1.54) is 0 Å². The van der Waals surface area contributed by atoms with Crippen LogP contribution in [-0.2, 0) is 0 Å². The molecule has 0 aliphatic carbocycles. The van der Waals surface area contributed by atoms with Gasteiger partial charge in [-0.1, -0.05) is 0 Å². The van der Waals surface area contributed by atoms with Crippen molar-refractivity contribution >= 4 is 39.9 Å². The number of hydrogen-bond donors (Lipinski definition) is 1. The number of aromatic amines is 1. The first-order valence-electron chi connectivity index (χ1n) is 3.40. The molecule has 0 unspecified atom stereocenters. The molecule has 0 aliphatic rings. The molecular weight excluding hydrogens is 267 g/mol. The average molecular weight is 272 g/mol. The van der Waals surface area contributed by atoms with Gasteiger partial charge in [-0.3, -0.25) is 4.79 Å². The highest BCUT2D eigenvalue weighted by Crippen LogP contribution is 2.17. The first-order chi connectivity index (χ1) is 5.81. The van der Waals surface area contributed by atoms with Crippen molar-refractivity contribution in [3.05, 3.63) is 27.6 Å². The van der Waals surface area contributed by atoms with Gasteiger partial charge in [0.15, 0.2) is 6.29 Å². The Balaban J connectivity index is 2.77. The third kappa shape index (κ3) is 1.12. The molecule has 2 aromatic rings. The Bertz CT molecular complexity index is 436. The van der Waals surface area contributed by atoms with E-state index in [1.54, 1.807) is 6.07 Å². The summed E-state index contributed by atoms with van der Waals surface area (Å²) in [5, 5.41) is 1.06. The molecule has 0 saturated carbocycles. The number of aromatic nitrogens is 2. The van der Waals surface area contributed by atoms with Crippen molar-refractivity contribution < 1.29 is 4.79 Å². The lowest BCUT2D eigenvalue weighted by Crippen LogP contribution is -1.85. The third-order valence-corrected chi connectivity index (χ3v) is 2.52. The van der Waals surface area contributed by atoms with Gasteiger partial charge in [0.1, 0.15) is 11.3 Å². The van der Waals surface area contributed by atoms with Gasteiger partial charge in [0.2, 0.25) is 0 Å².